The summed E-state index contributed by atoms with van der Waals surface area (Å²) in [6, 6.07) is 0. The predicted octanol–water partition coefficient (Wildman–Crippen LogP) is 3.01. The molecule has 0 saturated carbocycles. The fourth-order valence-corrected chi connectivity index (χ4v) is 1.15. The van der Waals surface area contributed by atoms with Gasteiger partial charge in [-0.3, -0.25) is 0 Å². The largest absolute Gasteiger partial charge is 0.379 e. The monoisotopic (exact) mass is 188 g/mol. The quantitative estimate of drug-likeness (QED) is 0.518. The highest BCUT2D eigenvalue weighted by Gasteiger charge is 2.00. The summed E-state index contributed by atoms with van der Waals surface area (Å²) >= 11 is 0. The Morgan fingerprint density at radius 1 is 1.08 bits per heavy atom. The lowest BCUT2D eigenvalue weighted by molar-refractivity contribution is -0.00456. The summed E-state index contributed by atoms with van der Waals surface area (Å²) in [4.78, 5) is 0. The minimum atomic E-state index is 0.251. The van der Waals surface area contributed by atoms with E-state index in [4.69, 9.17) is 9.47 Å². The molecule has 0 N–H and O–H groups in total. The van der Waals surface area contributed by atoms with E-state index >= 15 is 0 Å². The van der Waals surface area contributed by atoms with Gasteiger partial charge in [-0.2, -0.15) is 0 Å². The zero-order valence-electron chi connectivity index (χ0n) is 9.34. The maximum atomic E-state index is 5.57. The molecular weight excluding hydrogens is 164 g/mol. The fraction of sp³-hybridized carbons (Fsp3) is 1.00. The van der Waals surface area contributed by atoms with Gasteiger partial charge in [-0.05, 0) is 20.3 Å². The van der Waals surface area contributed by atoms with E-state index in [2.05, 4.69) is 13.8 Å². The van der Waals surface area contributed by atoms with E-state index in [0.717, 1.165) is 19.8 Å². The molecule has 1 unspecified atom stereocenters. The molecule has 0 aliphatic heterocycles. The van der Waals surface area contributed by atoms with Gasteiger partial charge in [0.15, 0.2) is 0 Å². The van der Waals surface area contributed by atoms with E-state index in [0.29, 0.717) is 0 Å². The highest BCUT2D eigenvalue weighted by atomic mass is 16.5. The van der Waals surface area contributed by atoms with Crippen LogP contribution in [0.15, 0.2) is 0 Å². The van der Waals surface area contributed by atoms with Crippen molar-refractivity contribution in [2.24, 2.45) is 0 Å². The van der Waals surface area contributed by atoms with E-state index in [-0.39, 0.29) is 6.10 Å². The third-order valence-corrected chi connectivity index (χ3v) is 1.96. The molecule has 0 saturated heterocycles. The molecule has 0 aromatic heterocycles. The molecule has 0 aliphatic rings. The number of unbranched alkanes of at least 4 members (excludes halogenated alkanes) is 3. The Bertz CT molecular complexity index is 94.1. The van der Waals surface area contributed by atoms with E-state index < -0.39 is 0 Å². The van der Waals surface area contributed by atoms with Crippen LogP contribution >= 0.6 is 0 Å². The van der Waals surface area contributed by atoms with Crippen LogP contribution < -0.4 is 0 Å². The van der Waals surface area contributed by atoms with Crippen LogP contribution in [0, 0.1) is 0 Å². The number of hydrogen-bond donors (Lipinski definition) is 0. The predicted molar refractivity (Wildman–Crippen MR) is 56.0 cm³/mol. The van der Waals surface area contributed by atoms with Gasteiger partial charge in [0.2, 0.25) is 0 Å². The molecule has 0 aromatic carbocycles. The van der Waals surface area contributed by atoms with Gasteiger partial charge in [0, 0.05) is 13.2 Å². The molecule has 0 radical (unpaired) electrons. The van der Waals surface area contributed by atoms with Gasteiger partial charge in [0.05, 0.1) is 12.7 Å². The Hall–Kier alpha value is -0.0800. The molecule has 0 rings (SSSR count). The van der Waals surface area contributed by atoms with Crippen molar-refractivity contribution in [3.63, 3.8) is 0 Å². The average Bonchev–Trinajstić information content (AvgIpc) is 2.14. The number of ether oxygens (including phenoxy) is 2. The lowest BCUT2D eigenvalue weighted by atomic mass is 10.2. The smallest absolute Gasteiger partial charge is 0.0780 e. The Kier molecular flexibility index (Phi) is 9.94. The summed E-state index contributed by atoms with van der Waals surface area (Å²) in [5.74, 6) is 0. The molecule has 0 amide bonds. The zero-order valence-corrected chi connectivity index (χ0v) is 9.34. The third-order valence-electron chi connectivity index (χ3n) is 1.96. The molecule has 2 nitrogen and oxygen atoms in total. The van der Waals surface area contributed by atoms with E-state index in [1.165, 1.54) is 25.7 Å². The zero-order chi connectivity index (χ0) is 9.94. The maximum Gasteiger partial charge on any atom is 0.0780 e. The summed E-state index contributed by atoms with van der Waals surface area (Å²) in [6.07, 6.45) is 5.33. The third kappa shape index (κ3) is 9.84. The standard InChI is InChI=1S/C11H24O2/c1-4-6-7-8-9-13-11(3)10-12-5-2/h11H,4-10H2,1-3H3. The first-order chi connectivity index (χ1) is 6.31. The number of hydrogen-bond acceptors (Lipinski definition) is 2. The molecule has 0 bridgehead atoms. The van der Waals surface area contributed by atoms with Crippen molar-refractivity contribution in [2.75, 3.05) is 19.8 Å². The van der Waals surface area contributed by atoms with Crippen molar-refractivity contribution >= 4 is 0 Å². The maximum absolute atomic E-state index is 5.57. The Morgan fingerprint density at radius 3 is 2.46 bits per heavy atom. The fourth-order valence-electron chi connectivity index (χ4n) is 1.15. The highest BCUT2D eigenvalue weighted by molar-refractivity contribution is 4.47. The van der Waals surface area contributed by atoms with Crippen molar-refractivity contribution in [2.45, 2.75) is 52.6 Å². The molecule has 2 heteroatoms. The molecule has 0 heterocycles. The highest BCUT2D eigenvalue weighted by Crippen LogP contribution is 2.01. The normalized spacial score (nSPS) is 13.2. The molecule has 0 aromatic rings. The second kappa shape index (κ2) is 10.0. The summed E-state index contributed by atoms with van der Waals surface area (Å²) in [5, 5.41) is 0. The van der Waals surface area contributed by atoms with Crippen LogP contribution in [0.3, 0.4) is 0 Å². The molecule has 1 atom stereocenters. The van der Waals surface area contributed by atoms with E-state index in [9.17, 15) is 0 Å². The topological polar surface area (TPSA) is 18.5 Å². The first-order valence-corrected chi connectivity index (χ1v) is 5.50. The summed E-state index contributed by atoms with van der Waals surface area (Å²) in [7, 11) is 0. The van der Waals surface area contributed by atoms with E-state index in [1.54, 1.807) is 0 Å². The second-order valence-corrected chi connectivity index (χ2v) is 3.40. The van der Waals surface area contributed by atoms with Crippen molar-refractivity contribution in [1.82, 2.24) is 0 Å². The molecule has 0 aliphatic carbocycles. The van der Waals surface area contributed by atoms with E-state index in [1.807, 2.05) is 6.92 Å². The van der Waals surface area contributed by atoms with Gasteiger partial charge in [-0.1, -0.05) is 26.2 Å². The van der Waals surface area contributed by atoms with Crippen molar-refractivity contribution in [1.29, 1.82) is 0 Å². The Balaban J connectivity index is 3.03. The van der Waals surface area contributed by atoms with Crippen LogP contribution in [0.2, 0.25) is 0 Å². The summed E-state index contributed by atoms with van der Waals surface area (Å²) in [5.41, 5.74) is 0. The molecule has 0 spiro atoms. The van der Waals surface area contributed by atoms with Crippen molar-refractivity contribution in [3.8, 4) is 0 Å². The number of rotatable bonds is 9. The van der Waals surface area contributed by atoms with Gasteiger partial charge >= 0.3 is 0 Å². The van der Waals surface area contributed by atoms with Gasteiger partial charge in [0.1, 0.15) is 0 Å². The SMILES string of the molecule is CCCCCCOC(C)COCC. The summed E-state index contributed by atoms with van der Waals surface area (Å²) < 4.78 is 10.8. The van der Waals surface area contributed by atoms with Crippen LogP contribution in [0.4, 0.5) is 0 Å². The van der Waals surface area contributed by atoms with Crippen LogP contribution in [0.1, 0.15) is 46.5 Å². The Labute approximate surface area is 82.6 Å². The van der Waals surface area contributed by atoms with Crippen LogP contribution in [0.5, 0.6) is 0 Å². The Morgan fingerprint density at radius 2 is 1.85 bits per heavy atom. The second-order valence-electron chi connectivity index (χ2n) is 3.40. The average molecular weight is 188 g/mol. The molecular formula is C11H24O2. The van der Waals surface area contributed by atoms with Gasteiger partial charge in [-0.25, -0.2) is 0 Å². The van der Waals surface area contributed by atoms with Gasteiger partial charge in [0.25, 0.3) is 0 Å². The van der Waals surface area contributed by atoms with Crippen LogP contribution in [-0.4, -0.2) is 25.9 Å². The summed E-state index contributed by atoms with van der Waals surface area (Å²) in [6.45, 7) is 8.68. The minimum Gasteiger partial charge on any atom is -0.379 e. The van der Waals surface area contributed by atoms with Crippen molar-refractivity contribution < 1.29 is 9.47 Å². The molecule has 0 fully saturated rings. The van der Waals surface area contributed by atoms with Crippen molar-refractivity contribution in [3.05, 3.63) is 0 Å². The first-order valence-electron chi connectivity index (χ1n) is 5.50. The lowest BCUT2D eigenvalue weighted by Gasteiger charge is -2.12. The van der Waals surface area contributed by atoms with Gasteiger partial charge in [-0.15, -0.1) is 0 Å². The first kappa shape index (κ1) is 12.9. The minimum absolute atomic E-state index is 0.251. The molecule has 80 valence electrons. The van der Waals surface area contributed by atoms with Crippen LogP contribution in [0.25, 0.3) is 0 Å². The molecule has 13 heavy (non-hydrogen) atoms. The van der Waals surface area contributed by atoms with Crippen LogP contribution in [-0.2, 0) is 9.47 Å². The lowest BCUT2D eigenvalue weighted by Crippen LogP contribution is -2.16. The van der Waals surface area contributed by atoms with Gasteiger partial charge < -0.3 is 9.47 Å².